The molecular weight excluding hydrogens is 545 g/mol. The molecule has 0 aromatic carbocycles. The maximum Gasteiger partial charge on any atom is 0.490 e. The van der Waals surface area contributed by atoms with E-state index in [1.807, 2.05) is 32.0 Å². The molecule has 11 heteroatoms. The Labute approximate surface area is 238 Å². The minimum atomic E-state index is -1.41. The lowest BCUT2D eigenvalue weighted by Gasteiger charge is -2.04. The van der Waals surface area contributed by atoms with Gasteiger partial charge in [0.2, 0.25) is 0 Å². The van der Waals surface area contributed by atoms with E-state index in [1.165, 1.54) is 6.20 Å². The van der Waals surface area contributed by atoms with Gasteiger partial charge in [-0.15, -0.1) is 0 Å². The zero-order valence-corrected chi connectivity index (χ0v) is 23.5. The van der Waals surface area contributed by atoms with E-state index < -0.39 is 7.12 Å². The molecule has 0 bridgehead atoms. The number of hydrogen-bond donors (Lipinski definition) is 3. The summed E-state index contributed by atoms with van der Waals surface area (Å²) in [5.74, 6) is 0. The van der Waals surface area contributed by atoms with Gasteiger partial charge in [-0.1, -0.05) is 66.2 Å². The molecule has 38 heavy (non-hydrogen) atoms. The highest BCUT2D eigenvalue weighted by atomic mass is 35.5. The Hall–Kier alpha value is -3.11. The van der Waals surface area contributed by atoms with E-state index in [0.29, 0.717) is 20.7 Å². The van der Waals surface area contributed by atoms with Crippen LogP contribution in [0.2, 0.25) is 15.2 Å². The number of rotatable bonds is 4. The van der Waals surface area contributed by atoms with Gasteiger partial charge in [0, 0.05) is 54.3 Å². The van der Waals surface area contributed by atoms with Crippen LogP contribution in [-0.4, -0.2) is 49.3 Å². The van der Waals surface area contributed by atoms with Crippen LogP contribution < -0.4 is 5.46 Å². The Morgan fingerprint density at radius 3 is 1.66 bits per heavy atom. The van der Waals surface area contributed by atoms with Crippen LogP contribution in [0.4, 0.5) is 0 Å². The fourth-order valence-electron chi connectivity index (χ4n) is 2.56. The van der Waals surface area contributed by atoms with E-state index >= 15 is 0 Å². The predicted molar refractivity (Wildman–Crippen MR) is 159 cm³/mol. The lowest BCUT2D eigenvalue weighted by molar-refractivity contribution is 0.399. The van der Waals surface area contributed by atoms with Gasteiger partial charge in [-0.25, -0.2) is 4.98 Å². The van der Waals surface area contributed by atoms with E-state index in [2.05, 4.69) is 33.1 Å². The fraction of sp³-hybridized carbons (Fsp3) is 0.111. The summed E-state index contributed by atoms with van der Waals surface area (Å²) in [6.45, 7) is 11.0. The summed E-state index contributed by atoms with van der Waals surface area (Å²) < 4.78 is 0. The second-order valence-electron chi connectivity index (χ2n) is 7.34. The topological polar surface area (TPSA) is 112 Å². The summed E-state index contributed by atoms with van der Waals surface area (Å²) in [6.07, 6.45) is 9.96. The number of hydrogen-bond acceptors (Lipinski definition) is 7. The molecule has 4 aromatic rings. The van der Waals surface area contributed by atoms with Gasteiger partial charge in [0.1, 0.15) is 5.15 Å². The average Bonchev–Trinajstić information content (AvgIpc) is 2.93. The predicted octanol–water partition coefficient (Wildman–Crippen LogP) is 5.46. The van der Waals surface area contributed by atoms with Crippen LogP contribution in [0, 0.1) is 13.8 Å². The molecular formula is C27H28BCl3N4O3. The molecule has 0 amide bonds. The first-order valence-corrected chi connectivity index (χ1v) is 12.2. The zero-order chi connectivity index (χ0) is 28.7. The van der Waals surface area contributed by atoms with Crippen molar-refractivity contribution in [3.63, 3.8) is 0 Å². The highest BCUT2D eigenvalue weighted by molar-refractivity contribution is 6.58. The normalized spacial score (nSPS) is 9.39. The number of aliphatic hydroxyl groups is 1. The van der Waals surface area contributed by atoms with Gasteiger partial charge in [0.05, 0.1) is 15.7 Å². The first-order valence-electron chi connectivity index (χ1n) is 11.0. The Kier molecular flexibility index (Phi) is 15.1. The smallest absolute Gasteiger partial charge is 0.423 e. The summed E-state index contributed by atoms with van der Waals surface area (Å²) in [4.78, 5) is 16.2. The number of nitrogens with zero attached hydrogens (tertiary/aromatic N) is 4. The van der Waals surface area contributed by atoms with E-state index in [9.17, 15) is 0 Å². The molecule has 0 saturated carbocycles. The second kappa shape index (κ2) is 17.4. The maximum atomic E-state index is 8.63. The van der Waals surface area contributed by atoms with Crippen molar-refractivity contribution < 1.29 is 15.2 Å². The van der Waals surface area contributed by atoms with E-state index in [4.69, 9.17) is 50.0 Å². The summed E-state index contributed by atoms with van der Waals surface area (Å²) in [5.41, 5.74) is 5.71. The molecule has 0 fully saturated rings. The third-order valence-corrected chi connectivity index (χ3v) is 5.54. The fourth-order valence-corrected chi connectivity index (χ4v) is 3.13. The third-order valence-electron chi connectivity index (χ3n) is 4.57. The summed E-state index contributed by atoms with van der Waals surface area (Å²) >= 11 is 17.4. The summed E-state index contributed by atoms with van der Waals surface area (Å²) in [6, 6.07) is 10.8. The van der Waals surface area contributed by atoms with Crippen LogP contribution >= 0.6 is 34.8 Å². The van der Waals surface area contributed by atoms with Crippen LogP contribution in [0.15, 0.2) is 74.3 Å². The molecule has 4 rings (SSSR count). The minimum Gasteiger partial charge on any atom is -0.423 e. The lowest BCUT2D eigenvalue weighted by Crippen LogP contribution is -2.29. The van der Waals surface area contributed by atoms with Crippen molar-refractivity contribution in [3.8, 4) is 11.3 Å². The quantitative estimate of drug-likeness (QED) is 0.220. The molecule has 0 saturated heterocycles. The zero-order valence-electron chi connectivity index (χ0n) is 21.2. The first-order chi connectivity index (χ1) is 18.1. The van der Waals surface area contributed by atoms with Crippen molar-refractivity contribution in [2.24, 2.45) is 0 Å². The standard InChI is InChI=1S/C13H11ClN2.C7H5Cl2N.C6H8BNO2.CH4O/c1-3-10-6-12(14)13(16-7-10)11-5-4-9(2)15-8-11;1-2-5-3-6(8)7(9)10-4-5;1-5-2-3-6(4-8-5)7(9)10;1-2/h3-8H,1H2,2H3;2-4H,1H2;2-4,9-10H,1H3;2H,1H3. The first kappa shape index (κ1) is 32.9. The monoisotopic (exact) mass is 572 g/mol. The molecule has 0 radical (unpaired) electrons. The number of aryl methyl sites for hydroxylation is 2. The van der Waals surface area contributed by atoms with Gasteiger partial charge < -0.3 is 15.2 Å². The highest BCUT2D eigenvalue weighted by Gasteiger charge is 2.09. The van der Waals surface area contributed by atoms with Crippen LogP contribution in [0.5, 0.6) is 0 Å². The van der Waals surface area contributed by atoms with Gasteiger partial charge >= 0.3 is 7.12 Å². The van der Waals surface area contributed by atoms with Crippen molar-refractivity contribution in [2.45, 2.75) is 13.8 Å². The van der Waals surface area contributed by atoms with E-state index in [-0.39, 0.29) is 0 Å². The molecule has 4 heterocycles. The van der Waals surface area contributed by atoms with Crippen LogP contribution in [-0.2, 0) is 0 Å². The molecule has 0 aliphatic rings. The van der Waals surface area contributed by atoms with Crippen molar-refractivity contribution in [2.75, 3.05) is 7.11 Å². The van der Waals surface area contributed by atoms with Gasteiger partial charge in [0.25, 0.3) is 0 Å². The Bertz CT molecular complexity index is 1310. The van der Waals surface area contributed by atoms with Gasteiger partial charge in [-0.05, 0) is 55.3 Å². The molecule has 7 nitrogen and oxygen atoms in total. The molecule has 0 aliphatic heterocycles. The van der Waals surface area contributed by atoms with E-state index in [0.717, 1.165) is 40.9 Å². The van der Waals surface area contributed by atoms with Crippen molar-refractivity contribution in [1.29, 1.82) is 0 Å². The van der Waals surface area contributed by atoms with Crippen LogP contribution in [0.1, 0.15) is 22.5 Å². The SMILES string of the molecule is C=Cc1cnc(-c2ccc(C)nc2)c(Cl)c1.C=Cc1cnc(Cl)c(Cl)c1.CO.Cc1ccc(B(O)O)cn1. The average molecular weight is 574 g/mol. The minimum absolute atomic E-state index is 0.326. The lowest BCUT2D eigenvalue weighted by atomic mass is 9.82. The number of aliphatic hydroxyl groups excluding tert-OH is 1. The summed E-state index contributed by atoms with van der Waals surface area (Å²) in [7, 11) is -0.409. The van der Waals surface area contributed by atoms with Crippen molar-refractivity contribution in [3.05, 3.63) is 112 Å². The molecule has 4 aromatic heterocycles. The van der Waals surface area contributed by atoms with Crippen LogP contribution in [0.25, 0.3) is 23.4 Å². The van der Waals surface area contributed by atoms with Crippen molar-refractivity contribution >= 4 is 59.5 Å². The van der Waals surface area contributed by atoms with Gasteiger partial charge in [-0.3, -0.25) is 15.0 Å². The molecule has 0 spiro atoms. The number of pyridine rings is 4. The molecule has 198 valence electrons. The molecule has 0 atom stereocenters. The Morgan fingerprint density at radius 2 is 1.24 bits per heavy atom. The number of halogens is 3. The maximum absolute atomic E-state index is 8.63. The van der Waals surface area contributed by atoms with Crippen LogP contribution in [0.3, 0.4) is 0 Å². The molecule has 3 N–H and O–H groups in total. The Balaban J connectivity index is 0.000000288. The van der Waals surface area contributed by atoms with E-state index in [1.54, 1.807) is 48.9 Å². The van der Waals surface area contributed by atoms with Crippen molar-refractivity contribution in [1.82, 2.24) is 19.9 Å². The highest BCUT2D eigenvalue weighted by Crippen LogP contribution is 2.26. The summed E-state index contributed by atoms with van der Waals surface area (Å²) in [5, 5.41) is 25.7. The largest absolute Gasteiger partial charge is 0.490 e. The number of aromatic nitrogens is 4. The second-order valence-corrected chi connectivity index (χ2v) is 8.52. The van der Waals surface area contributed by atoms with Gasteiger partial charge in [0.15, 0.2) is 0 Å². The Morgan fingerprint density at radius 1 is 0.711 bits per heavy atom. The van der Waals surface area contributed by atoms with Gasteiger partial charge in [-0.2, -0.15) is 0 Å². The molecule has 0 aliphatic carbocycles. The third kappa shape index (κ3) is 11.1. The molecule has 0 unspecified atom stereocenters.